The molecule has 1 aromatic heterocycles. The fourth-order valence-corrected chi connectivity index (χ4v) is 4.35. The van der Waals surface area contributed by atoms with Gasteiger partial charge in [-0.15, -0.1) is 0 Å². The van der Waals surface area contributed by atoms with Gasteiger partial charge in [-0.25, -0.2) is 4.79 Å². The third-order valence-electron chi connectivity index (χ3n) is 5.71. The van der Waals surface area contributed by atoms with Crippen LogP contribution in [0.5, 0.6) is 0 Å². The number of ether oxygens (including phenoxy) is 1. The van der Waals surface area contributed by atoms with Crippen molar-refractivity contribution in [3.63, 3.8) is 0 Å². The molecule has 3 aliphatic heterocycles. The Labute approximate surface area is 143 Å². The quantitative estimate of drug-likeness (QED) is 0.905. The number of rotatable bonds is 4. The van der Waals surface area contributed by atoms with Crippen molar-refractivity contribution in [1.82, 2.24) is 20.1 Å². The molecule has 0 aliphatic carbocycles. The van der Waals surface area contributed by atoms with Crippen LogP contribution in [0.1, 0.15) is 18.4 Å². The average Bonchev–Trinajstić information content (AvgIpc) is 3.29. The van der Waals surface area contributed by atoms with Gasteiger partial charge in [0.1, 0.15) is 0 Å². The van der Waals surface area contributed by atoms with Crippen molar-refractivity contribution in [3.05, 3.63) is 30.1 Å². The second kappa shape index (κ2) is 6.69. The van der Waals surface area contributed by atoms with Crippen LogP contribution < -0.4 is 5.32 Å². The lowest BCUT2D eigenvalue weighted by molar-refractivity contribution is 0.125. The van der Waals surface area contributed by atoms with E-state index in [0.29, 0.717) is 5.92 Å². The summed E-state index contributed by atoms with van der Waals surface area (Å²) in [4.78, 5) is 20.9. The van der Waals surface area contributed by atoms with Crippen LogP contribution in [0, 0.1) is 11.3 Å². The lowest BCUT2D eigenvalue weighted by Gasteiger charge is -2.29. The van der Waals surface area contributed by atoms with E-state index in [1.165, 1.54) is 5.56 Å². The smallest absolute Gasteiger partial charge is 0.317 e. The van der Waals surface area contributed by atoms with Gasteiger partial charge in [-0.05, 0) is 24.5 Å². The number of pyridine rings is 1. The SMILES string of the molecule is O=C(NC[C@]12COC[C@H]1CN(Cc1cccnc1)C2)N1CCCC1. The van der Waals surface area contributed by atoms with Crippen LogP contribution >= 0.6 is 0 Å². The number of hydrogen-bond donors (Lipinski definition) is 1. The Bertz CT molecular complexity index is 576. The van der Waals surface area contributed by atoms with Gasteiger partial charge in [0.25, 0.3) is 0 Å². The number of carbonyl (C=O) groups is 1. The fraction of sp³-hybridized carbons (Fsp3) is 0.667. The summed E-state index contributed by atoms with van der Waals surface area (Å²) in [5.41, 5.74) is 1.31. The minimum atomic E-state index is 0.0671. The summed E-state index contributed by atoms with van der Waals surface area (Å²) in [7, 11) is 0. The largest absolute Gasteiger partial charge is 0.380 e. The molecule has 0 saturated carbocycles. The maximum absolute atomic E-state index is 12.3. The molecule has 3 fully saturated rings. The number of carbonyl (C=O) groups excluding carboxylic acids is 1. The zero-order valence-corrected chi connectivity index (χ0v) is 14.1. The first-order chi connectivity index (χ1) is 11.8. The van der Waals surface area contributed by atoms with E-state index in [1.807, 2.05) is 23.4 Å². The molecule has 4 rings (SSSR count). The van der Waals surface area contributed by atoms with E-state index in [9.17, 15) is 4.79 Å². The molecule has 0 bridgehead atoms. The molecule has 3 aliphatic rings. The Balaban J connectivity index is 1.36. The Morgan fingerprint density at radius 2 is 2.29 bits per heavy atom. The lowest BCUT2D eigenvalue weighted by atomic mass is 9.81. The van der Waals surface area contributed by atoms with Crippen LogP contribution in [0.15, 0.2) is 24.5 Å². The highest BCUT2D eigenvalue weighted by atomic mass is 16.5. The van der Waals surface area contributed by atoms with Crippen molar-refractivity contribution in [2.75, 3.05) is 45.9 Å². The van der Waals surface area contributed by atoms with Crippen LogP contribution in [0.3, 0.4) is 0 Å². The fourth-order valence-electron chi connectivity index (χ4n) is 4.35. The standard InChI is InChI=1S/C18H26N4O2/c23-17(22-6-1-2-7-22)20-12-18-13-21(10-16(18)11-24-14-18)9-15-4-3-5-19-8-15/h3-5,8,16H,1-2,6-7,9-14H2,(H,20,23)/t16-,18+/m1/s1. The number of nitrogens with zero attached hydrogens (tertiary/aromatic N) is 3. The predicted molar refractivity (Wildman–Crippen MR) is 90.5 cm³/mol. The van der Waals surface area contributed by atoms with E-state index in [-0.39, 0.29) is 11.4 Å². The van der Waals surface area contributed by atoms with Crippen molar-refractivity contribution in [2.24, 2.45) is 11.3 Å². The highest BCUT2D eigenvalue weighted by molar-refractivity contribution is 5.74. The second-order valence-electron chi connectivity index (χ2n) is 7.46. The van der Waals surface area contributed by atoms with Gasteiger partial charge in [-0.3, -0.25) is 9.88 Å². The first-order valence-corrected chi connectivity index (χ1v) is 8.97. The van der Waals surface area contributed by atoms with E-state index in [4.69, 9.17) is 4.74 Å². The molecule has 0 aromatic carbocycles. The first-order valence-electron chi connectivity index (χ1n) is 8.97. The zero-order chi connectivity index (χ0) is 16.4. The molecule has 3 saturated heterocycles. The van der Waals surface area contributed by atoms with Crippen LogP contribution in [0.4, 0.5) is 4.79 Å². The number of likely N-dealkylation sites (tertiary alicyclic amines) is 2. The highest BCUT2D eigenvalue weighted by Crippen LogP contribution is 2.41. The third-order valence-corrected chi connectivity index (χ3v) is 5.71. The molecular weight excluding hydrogens is 304 g/mol. The molecule has 0 radical (unpaired) electrons. The van der Waals surface area contributed by atoms with Gasteiger partial charge in [0, 0.05) is 63.0 Å². The lowest BCUT2D eigenvalue weighted by Crippen LogP contribution is -2.47. The maximum Gasteiger partial charge on any atom is 0.317 e. The van der Waals surface area contributed by atoms with Gasteiger partial charge >= 0.3 is 6.03 Å². The summed E-state index contributed by atoms with van der Waals surface area (Å²) in [6.07, 6.45) is 6.00. The molecule has 1 aromatic rings. The van der Waals surface area contributed by atoms with Crippen LogP contribution in [0.2, 0.25) is 0 Å². The summed E-state index contributed by atoms with van der Waals surface area (Å²) >= 11 is 0. The molecule has 4 heterocycles. The van der Waals surface area contributed by atoms with Gasteiger partial charge in [-0.1, -0.05) is 6.07 Å². The molecule has 2 amide bonds. The zero-order valence-electron chi connectivity index (χ0n) is 14.1. The molecule has 2 atom stereocenters. The summed E-state index contributed by atoms with van der Waals surface area (Å²) in [6, 6.07) is 4.21. The van der Waals surface area contributed by atoms with Crippen LogP contribution in [-0.2, 0) is 11.3 Å². The van der Waals surface area contributed by atoms with Crippen LogP contribution in [-0.4, -0.2) is 66.8 Å². The normalized spacial score (nSPS) is 29.8. The van der Waals surface area contributed by atoms with E-state index in [1.54, 1.807) is 0 Å². The topological polar surface area (TPSA) is 57.7 Å². The van der Waals surface area contributed by atoms with Crippen molar-refractivity contribution < 1.29 is 9.53 Å². The molecule has 24 heavy (non-hydrogen) atoms. The van der Waals surface area contributed by atoms with Gasteiger partial charge in [-0.2, -0.15) is 0 Å². The van der Waals surface area contributed by atoms with Crippen molar-refractivity contribution in [2.45, 2.75) is 19.4 Å². The van der Waals surface area contributed by atoms with E-state index < -0.39 is 0 Å². The molecule has 6 nitrogen and oxygen atoms in total. The van der Waals surface area contributed by atoms with E-state index in [2.05, 4.69) is 21.3 Å². The molecule has 0 unspecified atom stereocenters. The summed E-state index contributed by atoms with van der Waals surface area (Å²) < 4.78 is 5.77. The van der Waals surface area contributed by atoms with Crippen molar-refractivity contribution >= 4 is 6.03 Å². The van der Waals surface area contributed by atoms with Gasteiger partial charge in [0.15, 0.2) is 0 Å². The Morgan fingerprint density at radius 3 is 3.08 bits per heavy atom. The summed E-state index contributed by atoms with van der Waals surface area (Å²) in [6.45, 7) is 7.01. The first kappa shape index (κ1) is 15.8. The Morgan fingerprint density at radius 1 is 1.42 bits per heavy atom. The Kier molecular flexibility index (Phi) is 4.41. The maximum atomic E-state index is 12.3. The van der Waals surface area contributed by atoms with Crippen molar-refractivity contribution in [3.8, 4) is 0 Å². The molecule has 0 spiro atoms. The molecule has 6 heteroatoms. The van der Waals surface area contributed by atoms with Gasteiger partial charge in [0.05, 0.1) is 13.2 Å². The average molecular weight is 330 g/mol. The highest BCUT2D eigenvalue weighted by Gasteiger charge is 2.50. The second-order valence-corrected chi connectivity index (χ2v) is 7.46. The number of fused-ring (bicyclic) bond motifs is 1. The van der Waals surface area contributed by atoms with E-state index in [0.717, 1.165) is 65.3 Å². The number of amides is 2. The molecule has 1 N–H and O–H groups in total. The number of hydrogen-bond acceptors (Lipinski definition) is 4. The molecular formula is C18H26N4O2. The van der Waals surface area contributed by atoms with Crippen LogP contribution in [0.25, 0.3) is 0 Å². The third kappa shape index (κ3) is 3.13. The summed E-state index contributed by atoms with van der Waals surface area (Å²) in [5.74, 6) is 0.507. The van der Waals surface area contributed by atoms with E-state index >= 15 is 0 Å². The molecule has 130 valence electrons. The predicted octanol–water partition coefficient (Wildman–Crippen LogP) is 1.34. The van der Waals surface area contributed by atoms with Gasteiger partial charge < -0.3 is 15.0 Å². The number of urea groups is 1. The Hall–Kier alpha value is -1.66. The summed E-state index contributed by atoms with van der Waals surface area (Å²) in [5, 5.41) is 3.18. The number of aromatic nitrogens is 1. The minimum absolute atomic E-state index is 0.0671. The van der Waals surface area contributed by atoms with Crippen molar-refractivity contribution in [1.29, 1.82) is 0 Å². The van der Waals surface area contributed by atoms with Gasteiger partial charge in [0.2, 0.25) is 0 Å². The monoisotopic (exact) mass is 330 g/mol. The number of nitrogens with one attached hydrogen (secondary N) is 1. The minimum Gasteiger partial charge on any atom is -0.380 e.